The summed E-state index contributed by atoms with van der Waals surface area (Å²) in [5.41, 5.74) is 3.89. The highest BCUT2D eigenvalue weighted by molar-refractivity contribution is 7.80. The van der Waals surface area contributed by atoms with E-state index in [0.717, 1.165) is 49.9 Å². The van der Waals surface area contributed by atoms with Crippen LogP contribution in [-0.2, 0) is 13.0 Å². The molecule has 1 aliphatic rings. The monoisotopic (exact) mass is 346 g/mol. The summed E-state index contributed by atoms with van der Waals surface area (Å²) < 4.78 is 0. The molecule has 1 saturated heterocycles. The summed E-state index contributed by atoms with van der Waals surface area (Å²) in [6.45, 7) is 7.65. The second-order valence-corrected chi connectivity index (χ2v) is 7.20. The molecule has 5 heteroatoms. The number of rotatable bonds is 4. The molecule has 122 valence electrons. The van der Waals surface area contributed by atoms with Gasteiger partial charge in [-0.1, -0.05) is 19.1 Å². The van der Waals surface area contributed by atoms with Crippen LogP contribution in [0.25, 0.3) is 0 Å². The van der Waals surface area contributed by atoms with E-state index in [4.69, 9.17) is 12.2 Å². The van der Waals surface area contributed by atoms with Crippen molar-refractivity contribution in [3.8, 4) is 0 Å². The van der Waals surface area contributed by atoms with Gasteiger partial charge in [-0.3, -0.25) is 0 Å². The molecule has 0 saturated carbocycles. The van der Waals surface area contributed by atoms with Gasteiger partial charge < -0.3 is 15.1 Å². The van der Waals surface area contributed by atoms with E-state index < -0.39 is 0 Å². The molecule has 0 spiro atoms. The fourth-order valence-corrected chi connectivity index (χ4v) is 3.93. The largest absolute Gasteiger partial charge is 0.338 e. The van der Waals surface area contributed by atoms with E-state index in [9.17, 15) is 0 Å². The third-order valence-corrected chi connectivity index (χ3v) is 5.47. The molecular weight excluding hydrogens is 322 g/mol. The lowest BCUT2D eigenvalue weighted by Crippen LogP contribution is -3.13. The molecule has 0 radical (unpaired) electrons. The number of benzene rings is 1. The fourth-order valence-electron chi connectivity index (χ4n) is 2.96. The number of thiophene rings is 1. The summed E-state index contributed by atoms with van der Waals surface area (Å²) in [7, 11) is 0. The van der Waals surface area contributed by atoms with Gasteiger partial charge in [0.1, 0.15) is 6.54 Å². The summed E-state index contributed by atoms with van der Waals surface area (Å²) in [4.78, 5) is 3.95. The van der Waals surface area contributed by atoms with Gasteiger partial charge in [0.05, 0.1) is 26.2 Å². The Morgan fingerprint density at radius 2 is 2.09 bits per heavy atom. The summed E-state index contributed by atoms with van der Waals surface area (Å²) in [6, 6.07) is 10.7. The van der Waals surface area contributed by atoms with Gasteiger partial charge in [0.2, 0.25) is 0 Å². The number of hydrogen-bond donors (Lipinski definition) is 2. The quantitative estimate of drug-likeness (QED) is 0.830. The average molecular weight is 347 g/mol. The van der Waals surface area contributed by atoms with Gasteiger partial charge in [0, 0.05) is 11.3 Å². The molecule has 3 rings (SSSR count). The lowest BCUT2D eigenvalue weighted by atomic mass is 10.1. The molecule has 2 N–H and O–H groups in total. The van der Waals surface area contributed by atoms with Crippen LogP contribution >= 0.6 is 23.6 Å². The van der Waals surface area contributed by atoms with Crippen LogP contribution < -0.4 is 10.2 Å². The molecule has 2 heterocycles. The molecule has 0 amide bonds. The maximum absolute atomic E-state index is 5.60. The van der Waals surface area contributed by atoms with Crippen LogP contribution in [0.3, 0.4) is 0 Å². The number of quaternary nitrogens is 1. The zero-order valence-electron chi connectivity index (χ0n) is 13.5. The van der Waals surface area contributed by atoms with Crippen LogP contribution in [0.1, 0.15) is 18.1 Å². The Morgan fingerprint density at radius 3 is 2.78 bits per heavy atom. The van der Waals surface area contributed by atoms with E-state index in [1.807, 2.05) is 0 Å². The van der Waals surface area contributed by atoms with E-state index in [2.05, 4.69) is 58.2 Å². The molecule has 23 heavy (non-hydrogen) atoms. The minimum Gasteiger partial charge on any atom is -0.338 e. The normalized spacial score (nSPS) is 15.6. The van der Waals surface area contributed by atoms with E-state index in [0.29, 0.717) is 0 Å². The van der Waals surface area contributed by atoms with E-state index in [1.54, 1.807) is 16.2 Å². The first kappa shape index (κ1) is 16.4. The highest BCUT2D eigenvalue weighted by Crippen LogP contribution is 2.12. The Balaban J connectivity index is 1.49. The molecule has 0 atom stereocenters. The van der Waals surface area contributed by atoms with Crippen molar-refractivity contribution in [1.82, 2.24) is 4.90 Å². The second-order valence-electron chi connectivity index (χ2n) is 6.03. The summed E-state index contributed by atoms with van der Waals surface area (Å²) in [5, 5.41) is 8.67. The van der Waals surface area contributed by atoms with Crippen molar-refractivity contribution < 1.29 is 4.90 Å². The first-order valence-electron chi connectivity index (χ1n) is 8.24. The van der Waals surface area contributed by atoms with Crippen molar-refractivity contribution in [2.45, 2.75) is 19.9 Å². The van der Waals surface area contributed by atoms with Crippen LogP contribution in [0.15, 0.2) is 41.1 Å². The molecule has 1 fully saturated rings. The van der Waals surface area contributed by atoms with Crippen molar-refractivity contribution in [3.05, 3.63) is 52.2 Å². The standard InChI is InChI=1S/C18H23N3S2/c1-2-15-4-3-5-17(12-15)19-18(22)21-9-7-20(8-10-21)13-16-6-11-23-14-16/h3-6,11-12,14H,2,7-10,13H2,1H3,(H,19,22)/p+1. The molecule has 3 nitrogen and oxygen atoms in total. The summed E-state index contributed by atoms with van der Waals surface area (Å²) >= 11 is 7.38. The SMILES string of the molecule is CCc1cccc(NC(=S)N2CC[NH+](Cc3ccsc3)CC2)c1. The third-order valence-electron chi connectivity index (χ3n) is 4.38. The van der Waals surface area contributed by atoms with Gasteiger partial charge in [-0.15, -0.1) is 0 Å². The molecular formula is C18H24N3S2+. The first-order valence-corrected chi connectivity index (χ1v) is 9.59. The molecule has 0 unspecified atom stereocenters. The zero-order valence-corrected chi connectivity index (χ0v) is 15.2. The van der Waals surface area contributed by atoms with Gasteiger partial charge in [0.25, 0.3) is 0 Å². The maximum atomic E-state index is 5.60. The lowest BCUT2D eigenvalue weighted by Gasteiger charge is -2.33. The first-order chi connectivity index (χ1) is 11.2. The fraction of sp³-hybridized carbons (Fsp3) is 0.389. The minimum absolute atomic E-state index is 0.854. The predicted molar refractivity (Wildman–Crippen MR) is 102 cm³/mol. The predicted octanol–water partition coefficient (Wildman–Crippen LogP) is 2.41. The average Bonchev–Trinajstić information content (AvgIpc) is 3.08. The van der Waals surface area contributed by atoms with Crippen molar-refractivity contribution >= 4 is 34.4 Å². The smallest absolute Gasteiger partial charge is 0.173 e. The highest BCUT2D eigenvalue weighted by atomic mass is 32.1. The van der Waals surface area contributed by atoms with Crippen LogP contribution in [0.2, 0.25) is 0 Å². The molecule has 2 aromatic rings. The van der Waals surface area contributed by atoms with Gasteiger partial charge >= 0.3 is 0 Å². The number of thiocarbonyl (C=S) groups is 1. The number of anilines is 1. The van der Waals surface area contributed by atoms with Crippen molar-refractivity contribution in [2.75, 3.05) is 31.5 Å². The lowest BCUT2D eigenvalue weighted by molar-refractivity contribution is -0.917. The van der Waals surface area contributed by atoms with Gasteiger partial charge in [-0.25, -0.2) is 0 Å². The third kappa shape index (κ3) is 4.53. The Morgan fingerprint density at radius 1 is 1.26 bits per heavy atom. The molecule has 1 aliphatic heterocycles. The van der Waals surface area contributed by atoms with Crippen molar-refractivity contribution in [2.24, 2.45) is 0 Å². The summed E-state index contributed by atoms with van der Waals surface area (Å²) in [5.74, 6) is 0. The second kappa shape index (κ2) is 7.90. The molecule has 1 aromatic heterocycles. The zero-order chi connectivity index (χ0) is 16.1. The molecule has 0 bridgehead atoms. The minimum atomic E-state index is 0.854. The van der Waals surface area contributed by atoms with Crippen molar-refractivity contribution in [3.63, 3.8) is 0 Å². The highest BCUT2D eigenvalue weighted by Gasteiger charge is 2.21. The number of nitrogens with zero attached hydrogens (tertiary/aromatic N) is 1. The van der Waals surface area contributed by atoms with Crippen LogP contribution in [0.4, 0.5) is 5.69 Å². The molecule has 0 aliphatic carbocycles. The topological polar surface area (TPSA) is 19.7 Å². The Hall–Kier alpha value is -1.43. The number of nitrogens with one attached hydrogen (secondary N) is 2. The van der Waals surface area contributed by atoms with E-state index in [1.165, 1.54) is 11.1 Å². The number of aryl methyl sites for hydroxylation is 1. The molecule has 1 aromatic carbocycles. The van der Waals surface area contributed by atoms with Gasteiger partial charge in [-0.2, -0.15) is 11.3 Å². The Labute approximate surface area is 147 Å². The summed E-state index contributed by atoms with van der Waals surface area (Å²) in [6.07, 6.45) is 1.05. The van der Waals surface area contributed by atoms with Crippen LogP contribution in [0, 0.1) is 0 Å². The maximum Gasteiger partial charge on any atom is 0.173 e. The van der Waals surface area contributed by atoms with Gasteiger partial charge in [-0.05, 0) is 53.2 Å². The number of piperazine rings is 1. The van der Waals surface area contributed by atoms with Crippen LogP contribution in [0.5, 0.6) is 0 Å². The van der Waals surface area contributed by atoms with Crippen molar-refractivity contribution in [1.29, 1.82) is 0 Å². The van der Waals surface area contributed by atoms with E-state index in [-0.39, 0.29) is 0 Å². The Bertz CT molecular complexity index is 631. The Kier molecular flexibility index (Phi) is 5.65. The van der Waals surface area contributed by atoms with Gasteiger partial charge in [0.15, 0.2) is 5.11 Å². The number of hydrogen-bond acceptors (Lipinski definition) is 2. The van der Waals surface area contributed by atoms with Crippen LogP contribution in [-0.4, -0.2) is 36.2 Å². The van der Waals surface area contributed by atoms with E-state index >= 15 is 0 Å².